The minimum Gasteiger partial charge on any atom is -0.285 e. The summed E-state index contributed by atoms with van der Waals surface area (Å²) in [6.45, 7) is 0.399. The number of amides is 1. The summed E-state index contributed by atoms with van der Waals surface area (Å²) in [6, 6.07) is 3.40. The van der Waals surface area contributed by atoms with Crippen molar-refractivity contribution in [2.45, 2.75) is 6.54 Å². The van der Waals surface area contributed by atoms with Crippen LogP contribution in [0.25, 0.3) is 0 Å². The normalized spacial score (nSPS) is 13.9. The van der Waals surface area contributed by atoms with Crippen molar-refractivity contribution in [3.05, 3.63) is 47.1 Å². The first-order valence-corrected chi connectivity index (χ1v) is 5.37. The molecule has 17 heavy (non-hydrogen) atoms. The van der Waals surface area contributed by atoms with E-state index in [4.69, 9.17) is 11.6 Å². The Labute approximate surface area is 102 Å². The second-order valence-corrected chi connectivity index (χ2v) is 4.01. The molecule has 0 spiro atoms. The first kappa shape index (κ1) is 10.2. The van der Waals surface area contributed by atoms with E-state index in [-0.39, 0.29) is 5.91 Å². The lowest BCUT2D eigenvalue weighted by molar-refractivity contribution is 0.0991. The number of hydrogen-bond donors (Lipinski definition) is 0. The molecule has 1 aliphatic rings. The van der Waals surface area contributed by atoms with Gasteiger partial charge in [-0.15, -0.1) is 0 Å². The third kappa shape index (κ3) is 1.64. The lowest BCUT2D eigenvalue weighted by Gasteiger charge is -2.13. The maximum absolute atomic E-state index is 12.0. The molecule has 0 saturated carbocycles. The first-order valence-electron chi connectivity index (χ1n) is 4.99. The van der Waals surface area contributed by atoms with Gasteiger partial charge in [0.2, 0.25) is 0 Å². The van der Waals surface area contributed by atoms with Crippen molar-refractivity contribution < 1.29 is 4.79 Å². The molecule has 6 heteroatoms. The van der Waals surface area contributed by atoms with Gasteiger partial charge in [0.25, 0.3) is 5.91 Å². The van der Waals surface area contributed by atoms with E-state index in [1.807, 2.05) is 0 Å². The van der Waals surface area contributed by atoms with Crippen LogP contribution in [0.5, 0.6) is 0 Å². The van der Waals surface area contributed by atoms with E-state index in [9.17, 15) is 4.79 Å². The lowest BCUT2D eigenvalue weighted by atomic mass is 10.3. The molecule has 0 atom stereocenters. The highest BCUT2D eigenvalue weighted by Gasteiger charge is 2.31. The van der Waals surface area contributed by atoms with Gasteiger partial charge in [0.1, 0.15) is 5.82 Å². The molecule has 5 nitrogen and oxygen atoms in total. The molecule has 3 rings (SSSR count). The maximum Gasteiger partial charge on any atom is 0.280 e. The fraction of sp³-hybridized carbons (Fsp3) is 0.0909. The average Bonchev–Trinajstić information content (AvgIpc) is 2.69. The Morgan fingerprint density at radius 2 is 2.00 bits per heavy atom. The van der Waals surface area contributed by atoms with E-state index >= 15 is 0 Å². The van der Waals surface area contributed by atoms with Crippen LogP contribution >= 0.6 is 11.6 Å². The standard InChI is InChI=1S/C11H7ClN4O/c12-7-1-2-9(15-5-7)16-6-8-10(11(16)17)14-4-3-13-8/h1-5H,6H2. The zero-order valence-electron chi connectivity index (χ0n) is 8.67. The van der Waals surface area contributed by atoms with Crippen LogP contribution in [0.2, 0.25) is 5.02 Å². The van der Waals surface area contributed by atoms with Gasteiger partial charge in [-0.2, -0.15) is 0 Å². The molecular formula is C11H7ClN4O. The minimum absolute atomic E-state index is 0.178. The number of halogens is 1. The predicted molar refractivity (Wildman–Crippen MR) is 61.8 cm³/mol. The van der Waals surface area contributed by atoms with Crippen molar-refractivity contribution in [2.24, 2.45) is 0 Å². The lowest BCUT2D eigenvalue weighted by Crippen LogP contribution is -2.24. The molecule has 2 aromatic heterocycles. The molecule has 0 unspecified atom stereocenters. The summed E-state index contributed by atoms with van der Waals surface area (Å²) in [5.41, 5.74) is 1.07. The summed E-state index contributed by atoms with van der Waals surface area (Å²) in [6.07, 6.45) is 4.59. The van der Waals surface area contributed by atoms with Crippen molar-refractivity contribution in [1.82, 2.24) is 15.0 Å². The molecule has 0 fully saturated rings. The number of carbonyl (C=O) groups excluding carboxylic acids is 1. The van der Waals surface area contributed by atoms with E-state index in [0.29, 0.717) is 28.8 Å². The molecule has 0 saturated heterocycles. The Balaban J connectivity index is 1.99. The van der Waals surface area contributed by atoms with Gasteiger partial charge in [0, 0.05) is 18.6 Å². The first-order chi connectivity index (χ1) is 8.25. The van der Waals surface area contributed by atoms with Crippen molar-refractivity contribution in [1.29, 1.82) is 0 Å². The molecule has 0 radical (unpaired) electrons. The number of aromatic nitrogens is 3. The number of nitrogens with zero attached hydrogens (tertiary/aromatic N) is 4. The monoisotopic (exact) mass is 246 g/mol. The van der Waals surface area contributed by atoms with Crippen molar-refractivity contribution in [3.63, 3.8) is 0 Å². The van der Waals surface area contributed by atoms with Crippen LogP contribution in [0.3, 0.4) is 0 Å². The fourth-order valence-corrected chi connectivity index (χ4v) is 1.84. The van der Waals surface area contributed by atoms with E-state index in [2.05, 4.69) is 15.0 Å². The largest absolute Gasteiger partial charge is 0.285 e. The van der Waals surface area contributed by atoms with Gasteiger partial charge in [-0.3, -0.25) is 14.7 Å². The highest BCUT2D eigenvalue weighted by atomic mass is 35.5. The zero-order valence-corrected chi connectivity index (χ0v) is 9.42. The Hall–Kier alpha value is -2.01. The second-order valence-electron chi connectivity index (χ2n) is 3.58. The highest BCUT2D eigenvalue weighted by Crippen LogP contribution is 2.24. The predicted octanol–water partition coefficient (Wildman–Crippen LogP) is 1.69. The van der Waals surface area contributed by atoms with Crippen LogP contribution in [-0.4, -0.2) is 20.9 Å². The number of fused-ring (bicyclic) bond motifs is 1. The van der Waals surface area contributed by atoms with Gasteiger partial charge in [-0.25, -0.2) is 9.97 Å². The smallest absolute Gasteiger partial charge is 0.280 e. The molecule has 3 heterocycles. The highest BCUT2D eigenvalue weighted by molar-refractivity contribution is 6.30. The summed E-state index contributed by atoms with van der Waals surface area (Å²) in [4.78, 5) is 25.8. The number of hydrogen-bond acceptors (Lipinski definition) is 4. The topological polar surface area (TPSA) is 59.0 Å². The molecular weight excluding hydrogens is 240 g/mol. The van der Waals surface area contributed by atoms with Crippen LogP contribution in [0.4, 0.5) is 5.82 Å². The third-order valence-electron chi connectivity index (χ3n) is 2.52. The van der Waals surface area contributed by atoms with Gasteiger partial charge in [0.05, 0.1) is 17.3 Å². The molecule has 0 aliphatic carbocycles. The molecule has 1 aliphatic heterocycles. The quantitative estimate of drug-likeness (QED) is 0.768. The molecule has 84 valence electrons. The van der Waals surface area contributed by atoms with Crippen LogP contribution < -0.4 is 4.90 Å². The molecule has 0 aromatic carbocycles. The van der Waals surface area contributed by atoms with Crippen molar-refractivity contribution >= 4 is 23.3 Å². The van der Waals surface area contributed by atoms with Gasteiger partial charge in [0.15, 0.2) is 5.69 Å². The Morgan fingerprint density at radius 1 is 1.18 bits per heavy atom. The summed E-state index contributed by atoms with van der Waals surface area (Å²) in [5, 5.41) is 0.536. The average molecular weight is 247 g/mol. The third-order valence-corrected chi connectivity index (χ3v) is 2.74. The number of rotatable bonds is 1. The Bertz CT molecular complexity index is 584. The molecule has 0 N–H and O–H groups in total. The van der Waals surface area contributed by atoms with E-state index in [1.165, 1.54) is 17.3 Å². The van der Waals surface area contributed by atoms with Crippen LogP contribution in [-0.2, 0) is 6.54 Å². The van der Waals surface area contributed by atoms with E-state index < -0.39 is 0 Å². The van der Waals surface area contributed by atoms with Crippen molar-refractivity contribution in [2.75, 3.05) is 4.90 Å². The fourth-order valence-electron chi connectivity index (χ4n) is 1.72. The van der Waals surface area contributed by atoms with Crippen LogP contribution in [0.1, 0.15) is 16.2 Å². The molecule has 0 bridgehead atoms. The summed E-state index contributed by atoms with van der Waals surface area (Å²) >= 11 is 5.75. The maximum atomic E-state index is 12.0. The zero-order chi connectivity index (χ0) is 11.8. The Kier molecular flexibility index (Phi) is 2.26. The summed E-state index contributed by atoms with van der Waals surface area (Å²) in [7, 11) is 0. The molecule has 2 aromatic rings. The van der Waals surface area contributed by atoms with Gasteiger partial charge < -0.3 is 0 Å². The Morgan fingerprint density at radius 3 is 2.71 bits per heavy atom. The minimum atomic E-state index is -0.178. The SMILES string of the molecule is O=C1c2nccnc2CN1c1ccc(Cl)cn1. The van der Waals surface area contributed by atoms with Crippen LogP contribution in [0.15, 0.2) is 30.7 Å². The van der Waals surface area contributed by atoms with Crippen molar-refractivity contribution in [3.8, 4) is 0 Å². The summed E-state index contributed by atoms with van der Waals surface area (Å²) < 4.78 is 0. The number of pyridine rings is 1. The summed E-state index contributed by atoms with van der Waals surface area (Å²) in [5.74, 6) is 0.377. The van der Waals surface area contributed by atoms with E-state index in [0.717, 1.165) is 0 Å². The van der Waals surface area contributed by atoms with E-state index in [1.54, 1.807) is 18.3 Å². The van der Waals surface area contributed by atoms with Gasteiger partial charge >= 0.3 is 0 Å². The van der Waals surface area contributed by atoms with Gasteiger partial charge in [-0.05, 0) is 12.1 Å². The van der Waals surface area contributed by atoms with Crippen LogP contribution in [0, 0.1) is 0 Å². The second kappa shape index (κ2) is 3.78. The van der Waals surface area contributed by atoms with Gasteiger partial charge in [-0.1, -0.05) is 11.6 Å². The number of anilines is 1. The molecule has 1 amide bonds. The number of carbonyl (C=O) groups is 1.